The molecule has 134 valence electrons. The fourth-order valence-electron chi connectivity index (χ4n) is 2.03. The van der Waals surface area contributed by atoms with Crippen molar-refractivity contribution in [3.63, 3.8) is 0 Å². The summed E-state index contributed by atoms with van der Waals surface area (Å²) in [5, 5.41) is 8.40. The number of rotatable bonds is 5. The van der Waals surface area contributed by atoms with Gasteiger partial charge >= 0.3 is 6.03 Å². The van der Waals surface area contributed by atoms with Gasteiger partial charge in [-0.2, -0.15) is 0 Å². The normalized spacial score (nSPS) is 11.6. The molecule has 0 unspecified atom stereocenters. The molecule has 0 saturated heterocycles. The van der Waals surface area contributed by atoms with Gasteiger partial charge in [-0.3, -0.25) is 4.79 Å². The molecule has 0 heterocycles. The standard InChI is InChI=1S/C18H30N4O2/c1-17(2,3)12-19-15(23)18(4,5)21-16(24)20-13-10-8-9-11-14(13)22(6)7/h8-11H,12H2,1-7H3,(H,19,23)(H2,20,21,24). The number of carbonyl (C=O) groups is 2. The third-order valence-corrected chi connectivity index (χ3v) is 3.41. The van der Waals surface area contributed by atoms with E-state index in [0.717, 1.165) is 5.69 Å². The molecular formula is C18H30N4O2. The number of amides is 3. The van der Waals surface area contributed by atoms with Crippen LogP contribution >= 0.6 is 0 Å². The van der Waals surface area contributed by atoms with E-state index in [0.29, 0.717) is 12.2 Å². The van der Waals surface area contributed by atoms with E-state index in [1.54, 1.807) is 13.8 Å². The number of hydrogen-bond acceptors (Lipinski definition) is 3. The monoisotopic (exact) mass is 334 g/mol. The zero-order valence-corrected chi connectivity index (χ0v) is 15.8. The van der Waals surface area contributed by atoms with Gasteiger partial charge in [0.15, 0.2) is 0 Å². The van der Waals surface area contributed by atoms with Gasteiger partial charge in [-0.15, -0.1) is 0 Å². The molecule has 1 aromatic rings. The van der Waals surface area contributed by atoms with Crippen LogP contribution in [0, 0.1) is 5.41 Å². The van der Waals surface area contributed by atoms with Gasteiger partial charge in [-0.1, -0.05) is 32.9 Å². The first kappa shape index (κ1) is 19.8. The molecule has 0 aromatic heterocycles. The van der Waals surface area contributed by atoms with Gasteiger partial charge in [0.25, 0.3) is 0 Å². The predicted octanol–water partition coefficient (Wildman–Crippen LogP) is 2.82. The maximum absolute atomic E-state index is 12.3. The minimum absolute atomic E-state index is 0.0152. The first-order valence-corrected chi connectivity index (χ1v) is 8.06. The molecule has 0 radical (unpaired) electrons. The van der Waals surface area contributed by atoms with E-state index in [4.69, 9.17) is 0 Å². The largest absolute Gasteiger partial charge is 0.376 e. The summed E-state index contributed by atoms with van der Waals surface area (Å²) >= 11 is 0. The van der Waals surface area contributed by atoms with Crippen molar-refractivity contribution < 1.29 is 9.59 Å². The molecule has 0 spiro atoms. The lowest BCUT2D eigenvalue weighted by atomic mass is 9.96. The number of benzene rings is 1. The molecular weight excluding hydrogens is 304 g/mol. The lowest BCUT2D eigenvalue weighted by Gasteiger charge is -2.28. The number of urea groups is 1. The second-order valence-electron chi connectivity index (χ2n) is 7.86. The number of hydrogen-bond donors (Lipinski definition) is 3. The lowest BCUT2D eigenvalue weighted by molar-refractivity contribution is -0.126. The molecule has 3 N–H and O–H groups in total. The Balaban J connectivity index is 2.71. The van der Waals surface area contributed by atoms with Crippen molar-refractivity contribution in [2.75, 3.05) is 30.9 Å². The van der Waals surface area contributed by atoms with E-state index in [1.165, 1.54) is 0 Å². The van der Waals surface area contributed by atoms with Crippen LogP contribution < -0.4 is 20.9 Å². The topological polar surface area (TPSA) is 73.5 Å². The van der Waals surface area contributed by atoms with Crippen molar-refractivity contribution in [3.8, 4) is 0 Å². The summed E-state index contributed by atoms with van der Waals surface area (Å²) in [5.74, 6) is -0.214. The molecule has 1 aromatic carbocycles. The molecule has 1 rings (SSSR count). The summed E-state index contributed by atoms with van der Waals surface area (Å²) in [6, 6.07) is 7.07. The van der Waals surface area contributed by atoms with Gasteiger partial charge < -0.3 is 20.9 Å². The van der Waals surface area contributed by atoms with Crippen LogP contribution in [-0.2, 0) is 4.79 Å². The van der Waals surface area contributed by atoms with Gasteiger partial charge in [-0.25, -0.2) is 4.79 Å². The molecule has 0 fully saturated rings. The molecule has 0 aliphatic rings. The zero-order valence-electron chi connectivity index (χ0n) is 15.8. The van der Waals surface area contributed by atoms with Gasteiger partial charge in [0.05, 0.1) is 11.4 Å². The molecule has 0 bridgehead atoms. The third-order valence-electron chi connectivity index (χ3n) is 3.41. The quantitative estimate of drug-likeness (QED) is 0.775. The van der Waals surface area contributed by atoms with Crippen molar-refractivity contribution in [2.24, 2.45) is 5.41 Å². The van der Waals surface area contributed by atoms with Crippen LogP contribution in [0.25, 0.3) is 0 Å². The Hall–Kier alpha value is -2.24. The second kappa shape index (κ2) is 7.55. The van der Waals surface area contributed by atoms with E-state index >= 15 is 0 Å². The molecule has 0 saturated carbocycles. The Morgan fingerprint density at radius 3 is 2.17 bits per heavy atom. The number of carbonyl (C=O) groups excluding carboxylic acids is 2. The van der Waals surface area contributed by atoms with Crippen LogP contribution in [0.15, 0.2) is 24.3 Å². The van der Waals surface area contributed by atoms with Gasteiger partial charge in [0.2, 0.25) is 5.91 Å². The summed E-state index contributed by atoms with van der Waals surface area (Å²) in [6.07, 6.45) is 0. The highest BCUT2D eigenvalue weighted by Gasteiger charge is 2.30. The Kier molecular flexibility index (Phi) is 6.23. The first-order chi connectivity index (χ1) is 10.9. The van der Waals surface area contributed by atoms with Gasteiger partial charge in [0.1, 0.15) is 5.54 Å². The summed E-state index contributed by atoms with van der Waals surface area (Å²) < 4.78 is 0. The summed E-state index contributed by atoms with van der Waals surface area (Å²) in [5.41, 5.74) is 0.551. The predicted molar refractivity (Wildman–Crippen MR) is 99.5 cm³/mol. The summed E-state index contributed by atoms with van der Waals surface area (Å²) in [6.45, 7) is 10.0. The average Bonchev–Trinajstić information content (AvgIpc) is 2.43. The van der Waals surface area contributed by atoms with Crippen LogP contribution in [0.3, 0.4) is 0 Å². The molecule has 3 amide bonds. The lowest BCUT2D eigenvalue weighted by Crippen LogP contribution is -2.56. The molecule has 0 aliphatic heterocycles. The molecule has 24 heavy (non-hydrogen) atoms. The number of nitrogens with zero attached hydrogens (tertiary/aromatic N) is 1. The number of nitrogens with one attached hydrogen (secondary N) is 3. The average molecular weight is 334 g/mol. The zero-order chi connectivity index (χ0) is 18.5. The Morgan fingerprint density at radius 1 is 1.04 bits per heavy atom. The SMILES string of the molecule is CN(C)c1ccccc1NC(=O)NC(C)(C)C(=O)NCC(C)(C)C. The number of anilines is 2. The molecule has 0 atom stereocenters. The molecule has 6 nitrogen and oxygen atoms in total. The smallest absolute Gasteiger partial charge is 0.320 e. The molecule has 0 aliphatic carbocycles. The second-order valence-corrected chi connectivity index (χ2v) is 7.86. The van der Waals surface area contributed by atoms with Crippen molar-refractivity contribution in [1.29, 1.82) is 0 Å². The maximum atomic E-state index is 12.3. The van der Waals surface area contributed by atoms with Crippen LogP contribution in [0.4, 0.5) is 16.2 Å². The van der Waals surface area contributed by atoms with E-state index in [1.807, 2.05) is 64.0 Å². The highest BCUT2D eigenvalue weighted by Crippen LogP contribution is 2.23. The fourth-order valence-corrected chi connectivity index (χ4v) is 2.03. The van der Waals surface area contributed by atoms with Gasteiger partial charge in [0, 0.05) is 20.6 Å². The van der Waals surface area contributed by atoms with Crippen molar-refractivity contribution in [1.82, 2.24) is 10.6 Å². The van der Waals surface area contributed by atoms with Crippen LogP contribution in [0.5, 0.6) is 0 Å². The Labute approximate surface area is 145 Å². The Bertz CT molecular complexity index is 589. The van der Waals surface area contributed by atoms with Gasteiger partial charge in [-0.05, 0) is 31.4 Å². The highest BCUT2D eigenvalue weighted by molar-refractivity contribution is 5.97. The number of para-hydroxylation sites is 2. The minimum Gasteiger partial charge on any atom is -0.376 e. The van der Waals surface area contributed by atoms with Crippen LogP contribution in [-0.4, -0.2) is 38.1 Å². The van der Waals surface area contributed by atoms with Crippen molar-refractivity contribution in [2.45, 2.75) is 40.2 Å². The van der Waals surface area contributed by atoms with Crippen molar-refractivity contribution >= 4 is 23.3 Å². The third kappa shape index (κ3) is 6.10. The summed E-state index contributed by atoms with van der Waals surface area (Å²) in [4.78, 5) is 26.5. The highest BCUT2D eigenvalue weighted by atomic mass is 16.2. The molecule has 6 heteroatoms. The van der Waals surface area contributed by atoms with Crippen LogP contribution in [0.2, 0.25) is 0 Å². The van der Waals surface area contributed by atoms with Crippen molar-refractivity contribution in [3.05, 3.63) is 24.3 Å². The summed E-state index contributed by atoms with van der Waals surface area (Å²) in [7, 11) is 3.81. The van der Waals surface area contributed by atoms with Crippen LogP contribution in [0.1, 0.15) is 34.6 Å². The fraction of sp³-hybridized carbons (Fsp3) is 0.556. The first-order valence-electron chi connectivity index (χ1n) is 8.06. The van der Waals surface area contributed by atoms with E-state index in [9.17, 15) is 9.59 Å². The van der Waals surface area contributed by atoms with E-state index < -0.39 is 11.6 Å². The maximum Gasteiger partial charge on any atom is 0.320 e. The van der Waals surface area contributed by atoms with E-state index in [2.05, 4.69) is 16.0 Å². The minimum atomic E-state index is -1.01. The Morgan fingerprint density at radius 2 is 1.62 bits per heavy atom. The van der Waals surface area contributed by atoms with E-state index in [-0.39, 0.29) is 11.3 Å².